The summed E-state index contributed by atoms with van der Waals surface area (Å²) < 4.78 is 6.47. The van der Waals surface area contributed by atoms with Gasteiger partial charge in [0.15, 0.2) is 5.71 Å². The second-order valence-corrected chi connectivity index (χ2v) is 6.02. The minimum absolute atomic E-state index is 0.359. The molecule has 0 atom stereocenters. The molecule has 0 spiro atoms. The Morgan fingerprint density at radius 3 is 2.36 bits per heavy atom. The monoisotopic (exact) mass is 339 g/mol. The Morgan fingerprint density at radius 2 is 1.80 bits per heavy atom. The van der Waals surface area contributed by atoms with E-state index < -0.39 is 5.54 Å². The van der Waals surface area contributed by atoms with E-state index in [9.17, 15) is 10.4 Å². The number of oxime groups is 1. The largest absolute Gasteiger partial charge is 0.490 e. The van der Waals surface area contributed by atoms with Crippen molar-refractivity contribution in [2.75, 3.05) is 6.61 Å². The van der Waals surface area contributed by atoms with Gasteiger partial charge in [0.2, 0.25) is 6.21 Å². The smallest absolute Gasteiger partial charge is 0.251 e. The normalized spacial score (nSPS) is 12.7. The number of nitrogens with zero attached hydrogens (tertiary/aromatic N) is 2. The van der Waals surface area contributed by atoms with Crippen molar-refractivity contribution in [1.82, 2.24) is 0 Å². The average molecular weight is 339 g/mol. The third-order valence-corrected chi connectivity index (χ3v) is 3.82. The summed E-state index contributed by atoms with van der Waals surface area (Å²) in [5.74, 6) is 0.725. The fourth-order valence-corrected chi connectivity index (χ4v) is 2.35. The summed E-state index contributed by atoms with van der Waals surface area (Å²) in [6.45, 7) is 7.59. The molecular weight excluding hydrogens is 316 g/mol. The van der Waals surface area contributed by atoms with Crippen LogP contribution in [0.4, 0.5) is 0 Å². The Kier molecular flexibility index (Phi) is 5.95. The quantitative estimate of drug-likeness (QED) is 0.266. The summed E-state index contributed by atoms with van der Waals surface area (Å²) in [5.41, 5.74) is 0.939. The molecule has 5 heteroatoms. The summed E-state index contributed by atoms with van der Waals surface area (Å²) in [7, 11) is 0. The van der Waals surface area contributed by atoms with Crippen LogP contribution < -0.4 is 4.74 Å². The fraction of sp³-hybridized carbons (Fsp3) is 0.200. The van der Waals surface area contributed by atoms with Crippen LogP contribution in [-0.2, 0) is 0 Å². The van der Waals surface area contributed by atoms with Gasteiger partial charge in [-0.3, -0.25) is 5.21 Å². The van der Waals surface area contributed by atoms with Crippen LogP contribution in [-0.4, -0.2) is 39.2 Å². The first-order valence-electron chi connectivity index (χ1n) is 7.94. The van der Waals surface area contributed by atoms with Crippen molar-refractivity contribution in [2.45, 2.75) is 19.4 Å². The van der Waals surface area contributed by atoms with Gasteiger partial charge in [0.1, 0.15) is 12.4 Å². The van der Waals surface area contributed by atoms with E-state index >= 15 is 0 Å². The molecule has 2 aromatic rings. The Labute approximate surface area is 147 Å². The molecule has 2 rings (SSSR count). The lowest BCUT2D eigenvalue weighted by atomic mass is 9.92. The molecule has 2 aromatic carbocycles. The molecule has 0 aliphatic carbocycles. The average Bonchev–Trinajstić information content (AvgIpc) is 2.62. The van der Waals surface area contributed by atoms with E-state index in [1.54, 1.807) is 26.1 Å². The lowest BCUT2D eigenvalue weighted by Crippen LogP contribution is -2.43. The van der Waals surface area contributed by atoms with Crippen molar-refractivity contribution in [3.8, 4) is 5.75 Å². The first-order chi connectivity index (χ1) is 12.0. The Bertz CT molecular complexity index is 763. The second-order valence-electron chi connectivity index (χ2n) is 6.02. The molecule has 2 N–H and O–H groups in total. The van der Waals surface area contributed by atoms with Crippen LogP contribution in [0.1, 0.15) is 25.0 Å². The first-order valence-corrected chi connectivity index (χ1v) is 7.94. The SMILES string of the molecule is C=CCOc1ccc(C=[N+](O)C(C)(C)C(=NO)c2ccccc2)cc1. The predicted molar refractivity (Wildman–Crippen MR) is 98.2 cm³/mol. The van der Waals surface area contributed by atoms with Crippen molar-refractivity contribution in [3.63, 3.8) is 0 Å². The number of hydroxylamine groups is 1. The van der Waals surface area contributed by atoms with Gasteiger partial charge in [0.05, 0.1) is 0 Å². The highest BCUT2D eigenvalue weighted by Crippen LogP contribution is 2.18. The van der Waals surface area contributed by atoms with Gasteiger partial charge in [-0.2, -0.15) is 0 Å². The van der Waals surface area contributed by atoms with Crippen molar-refractivity contribution in [2.24, 2.45) is 5.16 Å². The summed E-state index contributed by atoms with van der Waals surface area (Å²) in [6, 6.07) is 16.5. The van der Waals surface area contributed by atoms with Gasteiger partial charge in [0.25, 0.3) is 5.54 Å². The van der Waals surface area contributed by atoms with Crippen LogP contribution in [0.25, 0.3) is 0 Å². The highest BCUT2D eigenvalue weighted by atomic mass is 16.5. The number of ether oxygens (including phenoxy) is 1. The molecule has 25 heavy (non-hydrogen) atoms. The van der Waals surface area contributed by atoms with E-state index in [-0.39, 0.29) is 0 Å². The topological polar surface area (TPSA) is 65.1 Å². The van der Waals surface area contributed by atoms with Crippen LogP contribution in [0.15, 0.2) is 72.4 Å². The number of hydrogen-bond acceptors (Lipinski definition) is 4. The van der Waals surface area contributed by atoms with E-state index in [1.165, 1.54) is 0 Å². The minimum atomic E-state index is -0.936. The van der Waals surface area contributed by atoms with E-state index in [2.05, 4.69) is 11.7 Å². The molecule has 0 aromatic heterocycles. The number of benzene rings is 2. The predicted octanol–water partition coefficient (Wildman–Crippen LogP) is 3.73. The van der Waals surface area contributed by atoms with Gasteiger partial charge in [-0.05, 0) is 29.0 Å². The van der Waals surface area contributed by atoms with E-state index in [1.807, 2.05) is 54.6 Å². The molecule has 0 amide bonds. The summed E-state index contributed by atoms with van der Waals surface area (Å²) in [5, 5.41) is 23.4. The van der Waals surface area contributed by atoms with Gasteiger partial charge in [-0.15, -0.1) is 0 Å². The third kappa shape index (κ3) is 4.47. The van der Waals surface area contributed by atoms with Crippen LogP contribution in [0.3, 0.4) is 0 Å². The van der Waals surface area contributed by atoms with E-state index in [0.717, 1.165) is 21.6 Å². The van der Waals surface area contributed by atoms with Crippen molar-refractivity contribution < 1.29 is 19.9 Å². The highest BCUT2D eigenvalue weighted by Gasteiger charge is 2.39. The molecule has 0 aliphatic heterocycles. The molecule has 0 saturated carbocycles. The molecule has 0 radical (unpaired) electrons. The first kappa shape index (κ1) is 18.3. The zero-order valence-corrected chi connectivity index (χ0v) is 14.5. The van der Waals surface area contributed by atoms with Crippen LogP contribution in [0, 0.1) is 0 Å². The fourth-order valence-electron chi connectivity index (χ4n) is 2.35. The summed E-state index contributed by atoms with van der Waals surface area (Å²) >= 11 is 0. The standard InChI is InChI=1S/C20H22N2O3/c1-4-14-25-18-12-10-16(11-13-18)15-22(24)20(2,3)19(21-23)17-8-6-5-7-9-17/h4-13,15H,1,14H2,2-3H3,(H-,23,24)/p+1. The maximum Gasteiger partial charge on any atom is 0.251 e. The van der Waals surface area contributed by atoms with Crippen molar-refractivity contribution >= 4 is 11.9 Å². The van der Waals surface area contributed by atoms with Crippen LogP contribution in [0.2, 0.25) is 0 Å². The molecule has 130 valence electrons. The molecule has 0 bridgehead atoms. The Balaban J connectivity index is 2.26. The summed E-state index contributed by atoms with van der Waals surface area (Å²) in [4.78, 5) is 0. The Hall–Kier alpha value is -3.08. The lowest BCUT2D eigenvalue weighted by molar-refractivity contribution is -0.806. The maximum absolute atomic E-state index is 10.5. The molecule has 0 unspecified atom stereocenters. The van der Waals surface area contributed by atoms with Gasteiger partial charge in [0, 0.05) is 25.0 Å². The molecule has 0 fully saturated rings. The Morgan fingerprint density at radius 1 is 1.16 bits per heavy atom. The van der Waals surface area contributed by atoms with Gasteiger partial charge >= 0.3 is 0 Å². The minimum Gasteiger partial charge on any atom is -0.490 e. The van der Waals surface area contributed by atoms with Crippen molar-refractivity contribution in [1.29, 1.82) is 0 Å². The molecule has 0 saturated heterocycles. The van der Waals surface area contributed by atoms with Crippen LogP contribution >= 0.6 is 0 Å². The summed E-state index contributed by atoms with van der Waals surface area (Å²) in [6.07, 6.45) is 3.25. The second kappa shape index (κ2) is 8.15. The zero-order chi connectivity index (χ0) is 18.3. The van der Waals surface area contributed by atoms with E-state index in [0.29, 0.717) is 12.3 Å². The molecule has 0 heterocycles. The molecular formula is C20H23N2O3+. The third-order valence-electron chi connectivity index (χ3n) is 3.82. The zero-order valence-electron chi connectivity index (χ0n) is 14.5. The van der Waals surface area contributed by atoms with Gasteiger partial charge in [-0.1, -0.05) is 48.1 Å². The lowest BCUT2D eigenvalue weighted by Gasteiger charge is -2.18. The molecule has 5 nitrogen and oxygen atoms in total. The molecule has 0 aliphatic rings. The highest BCUT2D eigenvalue weighted by molar-refractivity contribution is 6.05. The number of rotatable bonds is 7. The van der Waals surface area contributed by atoms with Gasteiger partial charge < -0.3 is 9.94 Å². The maximum atomic E-state index is 10.5. The number of hydrogen-bond donors (Lipinski definition) is 2. The van der Waals surface area contributed by atoms with Gasteiger partial charge in [-0.25, -0.2) is 0 Å². The van der Waals surface area contributed by atoms with E-state index in [4.69, 9.17) is 4.74 Å². The van der Waals surface area contributed by atoms with Crippen molar-refractivity contribution in [3.05, 3.63) is 78.4 Å². The van der Waals surface area contributed by atoms with Crippen LogP contribution in [0.5, 0.6) is 5.75 Å².